The third kappa shape index (κ3) is 5.88. The van der Waals surface area contributed by atoms with Gasteiger partial charge in [-0.2, -0.15) is 0 Å². The summed E-state index contributed by atoms with van der Waals surface area (Å²) >= 11 is 0. The van der Waals surface area contributed by atoms with E-state index in [4.69, 9.17) is 4.74 Å². The van der Waals surface area contributed by atoms with Crippen LogP contribution in [0.25, 0.3) is 0 Å². The summed E-state index contributed by atoms with van der Waals surface area (Å²) in [6.07, 6.45) is 2.41. The largest absolute Gasteiger partial charge is 0.466 e. The highest BCUT2D eigenvalue weighted by Gasteiger charge is 2.42. The van der Waals surface area contributed by atoms with Gasteiger partial charge in [0.25, 0.3) is 0 Å². The van der Waals surface area contributed by atoms with Crippen LogP contribution in [0.2, 0.25) is 0 Å². The lowest BCUT2D eigenvalue weighted by Gasteiger charge is -2.45. The van der Waals surface area contributed by atoms with Crippen molar-refractivity contribution in [2.24, 2.45) is 16.2 Å². The van der Waals surface area contributed by atoms with Crippen LogP contribution < -0.4 is 0 Å². The quantitative estimate of drug-likeness (QED) is 0.659. The normalized spacial score (nSPS) is 16.2. The Labute approximate surface area is 113 Å². The number of carbonyl (C=O) groups excluding carboxylic acids is 1. The molecule has 2 heteroatoms. The van der Waals surface area contributed by atoms with Crippen LogP contribution in [-0.2, 0) is 9.53 Å². The Morgan fingerprint density at radius 2 is 1.50 bits per heavy atom. The number of hydrogen-bond donors (Lipinski definition) is 0. The van der Waals surface area contributed by atoms with Crippen molar-refractivity contribution in [1.82, 2.24) is 0 Å². The van der Waals surface area contributed by atoms with E-state index >= 15 is 0 Å². The SMILES string of the molecule is CCCOC(=O)C[C@@](C)(CC(C)(C)C)C(C)(C)C. The van der Waals surface area contributed by atoms with Crippen molar-refractivity contribution in [3.05, 3.63) is 0 Å². The van der Waals surface area contributed by atoms with Crippen LogP contribution in [0, 0.1) is 16.2 Å². The first-order valence-corrected chi connectivity index (χ1v) is 7.07. The summed E-state index contributed by atoms with van der Waals surface area (Å²) in [5.41, 5.74) is 0.272. The average Bonchev–Trinajstić information content (AvgIpc) is 2.09. The van der Waals surface area contributed by atoms with Gasteiger partial charge in [0, 0.05) is 0 Å². The van der Waals surface area contributed by atoms with Crippen molar-refractivity contribution in [3.63, 3.8) is 0 Å². The van der Waals surface area contributed by atoms with Crippen molar-refractivity contribution in [1.29, 1.82) is 0 Å². The second-order valence-corrected chi connectivity index (χ2v) is 7.95. The molecule has 0 aliphatic heterocycles. The van der Waals surface area contributed by atoms with Gasteiger partial charge in [0.05, 0.1) is 13.0 Å². The minimum atomic E-state index is -0.0569. The summed E-state index contributed by atoms with van der Waals surface area (Å²) < 4.78 is 5.26. The topological polar surface area (TPSA) is 26.3 Å². The summed E-state index contributed by atoms with van der Waals surface area (Å²) in [4.78, 5) is 11.9. The van der Waals surface area contributed by atoms with Gasteiger partial charge in [-0.15, -0.1) is 0 Å². The standard InChI is InChI=1S/C16H32O2/c1-9-10-18-13(17)11-16(8,15(5,6)7)12-14(2,3)4/h9-12H2,1-8H3/t16-/m0/s1. The van der Waals surface area contributed by atoms with Crippen LogP contribution in [0.5, 0.6) is 0 Å². The predicted molar refractivity (Wildman–Crippen MR) is 77.5 cm³/mol. The molecule has 0 rings (SSSR count). The van der Waals surface area contributed by atoms with Crippen molar-refractivity contribution < 1.29 is 9.53 Å². The molecule has 108 valence electrons. The third-order valence-corrected chi connectivity index (χ3v) is 3.73. The van der Waals surface area contributed by atoms with Gasteiger partial charge in [-0.3, -0.25) is 4.79 Å². The Morgan fingerprint density at radius 3 is 1.83 bits per heavy atom. The zero-order valence-electron chi connectivity index (χ0n) is 13.6. The van der Waals surface area contributed by atoms with Crippen LogP contribution in [0.15, 0.2) is 0 Å². The molecule has 0 aromatic heterocycles. The molecule has 18 heavy (non-hydrogen) atoms. The highest BCUT2D eigenvalue weighted by molar-refractivity contribution is 5.70. The lowest BCUT2D eigenvalue weighted by Crippen LogP contribution is -2.38. The molecular weight excluding hydrogens is 224 g/mol. The maximum absolute atomic E-state index is 11.9. The molecule has 1 atom stereocenters. The van der Waals surface area contributed by atoms with Gasteiger partial charge in [0.1, 0.15) is 0 Å². The highest BCUT2D eigenvalue weighted by atomic mass is 16.5. The Bertz CT molecular complexity index is 268. The van der Waals surface area contributed by atoms with E-state index < -0.39 is 0 Å². The number of hydrogen-bond acceptors (Lipinski definition) is 2. The lowest BCUT2D eigenvalue weighted by atomic mass is 9.60. The first-order valence-electron chi connectivity index (χ1n) is 7.07. The van der Waals surface area contributed by atoms with Crippen LogP contribution in [0.4, 0.5) is 0 Å². The van der Waals surface area contributed by atoms with Crippen molar-refractivity contribution in [2.45, 2.75) is 74.7 Å². The summed E-state index contributed by atoms with van der Waals surface area (Å²) in [6.45, 7) is 18.1. The van der Waals surface area contributed by atoms with E-state index in [1.807, 2.05) is 6.92 Å². The number of rotatable bonds is 5. The molecule has 0 aliphatic rings. The fraction of sp³-hybridized carbons (Fsp3) is 0.938. The number of ether oxygens (including phenoxy) is 1. The predicted octanol–water partition coefficient (Wildman–Crippen LogP) is 4.82. The minimum Gasteiger partial charge on any atom is -0.466 e. The Morgan fingerprint density at radius 1 is 1.00 bits per heavy atom. The van der Waals surface area contributed by atoms with Gasteiger partial charge < -0.3 is 4.74 Å². The first-order chi connectivity index (χ1) is 7.91. The van der Waals surface area contributed by atoms with E-state index in [1.54, 1.807) is 0 Å². The third-order valence-electron chi connectivity index (χ3n) is 3.73. The molecule has 0 spiro atoms. The van der Waals surface area contributed by atoms with Crippen LogP contribution >= 0.6 is 0 Å². The molecule has 0 bridgehead atoms. The molecule has 0 radical (unpaired) electrons. The fourth-order valence-electron chi connectivity index (χ4n) is 2.35. The molecule has 0 heterocycles. The van der Waals surface area contributed by atoms with E-state index in [0.717, 1.165) is 12.8 Å². The Kier molecular flexibility index (Phi) is 5.90. The first kappa shape index (κ1) is 17.5. The van der Waals surface area contributed by atoms with E-state index in [-0.39, 0.29) is 22.2 Å². The van der Waals surface area contributed by atoms with E-state index in [1.165, 1.54) is 0 Å². The van der Waals surface area contributed by atoms with E-state index in [9.17, 15) is 4.79 Å². The summed E-state index contributed by atoms with van der Waals surface area (Å²) in [5, 5.41) is 0. The summed E-state index contributed by atoms with van der Waals surface area (Å²) in [5.74, 6) is -0.0569. The zero-order chi connectivity index (χ0) is 14.6. The molecule has 0 aliphatic carbocycles. The van der Waals surface area contributed by atoms with Gasteiger partial charge in [-0.05, 0) is 29.1 Å². The number of esters is 1. The highest BCUT2D eigenvalue weighted by Crippen LogP contribution is 2.49. The minimum absolute atomic E-state index is 0.0317. The Balaban J connectivity index is 4.85. The van der Waals surface area contributed by atoms with Crippen LogP contribution in [0.1, 0.15) is 74.7 Å². The second-order valence-electron chi connectivity index (χ2n) is 7.95. The molecule has 2 nitrogen and oxygen atoms in total. The zero-order valence-corrected chi connectivity index (χ0v) is 13.6. The molecule has 0 amide bonds. The monoisotopic (exact) mass is 256 g/mol. The smallest absolute Gasteiger partial charge is 0.306 e. The van der Waals surface area contributed by atoms with Crippen molar-refractivity contribution >= 4 is 5.97 Å². The van der Waals surface area contributed by atoms with E-state index in [2.05, 4.69) is 48.5 Å². The summed E-state index contributed by atoms with van der Waals surface area (Å²) in [7, 11) is 0. The van der Waals surface area contributed by atoms with Crippen LogP contribution in [-0.4, -0.2) is 12.6 Å². The van der Waals surface area contributed by atoms with Crippen molar-refractivity contribution in [3.8, 4) is 0 Å². The van der Waals surface area contributed by atoms with Crippen LogP contribution in [0.3, 0.4) is 0 Å². The molecule has 0 N–H and O–H groups in total. The van der Waals surface area contributed by atoms with Gasteiger partial charge in [-0.1, -0.05) is 55.4 Å². The molecule has 0 aromatic carbocycles. The number of carbonyl (C=O) groups is 1. The lowest BCUT2D eigenvalue weighted by molar-refractivity contribution is -0.149. The molecule has 0 saturated heterocycles. The van der Waals surface area contributed by atoms with Crippen molar-refractivity contribution in [2.75, 3.05) is 6.61 Å². The molecule has 0 aromatic rings. The average molecular weight is 256 g/mol. The van der Waals surface area contributed by atoms with Gasteiger partial charge in [0.15, 0.2) is 0 Å². The maximum Gasteiger partial charge on any atom is 0.306 e. The van der Waals surface area contributed by atoms with Gasteiger partial charge in [-0.25, -0.2) is 0 Å². The molecular formula is C16H32O2. The van der Waals surface area contributed by atoms with Gasteiger partial charge >= 0.3 is 5.97 Å². The maximum atomic E-state index is 11.9. The summed E-state index contributed by atoms with van der Waals surface area (Å²) in [6, 6.07) is 0. The molecule has 0 fully saturated rings. The fourth-order valence-corrected chi connectivity index (χ4v) is 2.35. The Hall–Kier alpha value is -0.530. The van der Waals surface area contributed by atoms with E-state index in [0.29, 0.717) is 13.0 Å². The molecule has 0 saturated carbocycles. The molecule has 0 unspecified atom stereocenters. The van der Waals surface area contributed by atoms with Gasteiger partial charge in [0.2, 0.25) is 0 Å². The second kappa shape index (κ2) is 6.08.